The highest BCUT2D eigenvalue weighted by Crippen LogP contribution is 2.26. The highest BCUT2D eigenvalue weighted by Gasteiger charge is 2.14. The number of nitrogens with one attached hydrogen (secondary N) is 1. The Balaban J connectivity index is 1.82. The third-order valence-corrected chi connectivity index (χ3v) is 4.04. The molecule has 0 heterocycles. The van der Waals surface area contributed by atoms with E-state index in [0.717, 1.165) is 19.4 Å². The van der Waals surface area contributed by atoms with Crippen molar-refractivity contribution in [2.75, 3.05) is 13.1 Å². The summed E-state index contributed by atoms with van der Waals surface area (Å²) in [5.74, 6) is 0.673. The molecule has 2 atom stereocenters. The van der Waals surface area contributed by atoms with Gasteiger partial charge in [-0.1, -0.05) is 35.4 Å². The monoisotopic (exact) mass is 299 g/mol. The van der Waals surface area contributed by atoms with Crippen LogP contribution in [-0.2, 0) is 0 Å². The number of halogens is 2. The highest BCUT2D eigenvalue weighted by molar-refractivity contribution is 6.33. The lowest BCUT2D eigenvalue weighted by Crippen LogP contribution is -2.28. The molecule has 19 heavy (non-hydrogen) atoms. The number of rotatable bonds is 5. The maximum atomic E-state index is 10.1. The molecule has 0 aliphatic heterocycles. The zero-order chi connectivity index (χ0) is 13.7. The van der Waals surface area contributed by atoms with Gasteiger partial charge in [-0.3, -0.25) is 0 Å². The van der Waals surface area contributed by atoms with Gasteiger partial charge in [0.05, 0.1) is 6.10 Å². The van der Waals surface area contributed by atoms with Crippen LogP contribution < -0.4 is 5.32 Å². The van der Waals surface area contributed by atoms with Crippen LogP contribution >= 0.6 is 23.2 Å². The third-order valence-electron chi connectivity index (χ3n) is 3.47. The molecule has 2 rings (SSSR count). The van der Waals surface area contributed by atoms with Crippen LogP contribution in [0, 0.1) is 5.92 Å². The van der Waals surface area contributed by atoms with E-state index in [1.54, 1.807) is 18.2 Å². The molecule has 1 aliphatic rings. The SMILES string of the molecule is OC(CNCC1CC=CCC1)c1cc(Cl)ccc1Cl. The zero-order valence-electron chi connectivity index (χ0n) is 10.8. The van der Waals surface area contributed by atoms with Gasteiger partial charge in [-0.05, 0) is 49.9 Å². The fourth-order valence-corrected chi connectivity index (χ4v) is 2.77. The van der Waals surface area contributed by atoms with Crippen LogP contribution in [0.3, 0.4) is 0 Å². The van der Waals surface area contributed by atoms with E-state index in [4.69, 9.17) is 23.2 Å². The van der Waals surface area contributed by atoms with Crippen molar-refractivity contribution < 1.29 is 5.11 Å². The summed E-state index contributed by atoms with van der Waals surface area (Å²) in [6.45, 7) is 1.43. The van der Waals surface area contributed by atoms with Crippen molar-refractivity contribution in [3.05, 3.63) is 46.0 Å². The van der Waals surface area contributed by atoms with Gasteiger partial charge in [0.2, 0.25) is 0 Å². The maximum absolute atomic E-state index is 10.1. The summed E-state index contributed by atoms with van der Waals surface area (Å²) < 4.78 is 0. The molecular formula is C15H19Cl2NO. The third kappa shape index (κ3) is 4.50. The quantitative estimate of drug-likeness (QED) is 0.806. The molecule has 2 N–H and O–H groups in total. The van der Waals surface area contributed by atoms with Crippen LogP contribution in [0.5, 0.6) is 0 Å². The lowest BCUT2D eigenvalue weighted by molar-refractivity contribution is 0.172. The van der Waals surface area contributed by atoms with E-state index in [1.807, 2.05) is 0 Å². The van der Waals surface area contributed by atoms with Gasteiger partial charge in [0, 0.05) is 22.2 Å². The molecule has 104 valence electrons. The molecule has 2 nitrogen and oxygen atoms in total. The Labute approximate surface area is 124 Å². The predicted octanol–water partition coefficient (Wildman–Crippen LogP) is 3.97. The largest absolute Gasteiger partial charge is 0.387 e. The Morgan fingerprint density at radius 2 is 2.16 bits per heavy atom. The molecule has 0 radical (unpaired) electrons. The van der Waals surface area contributed by atoms with Crippen LogP contribution in [0.2, 0.25) is 10.0 Å². The Kier molecular flexibility index (Phi) is 5.71. The van der Waals surface area contributed by atoms with Crippen LogP contribution in [0.15, 0.2) is 30.4 Å². The normalized spacial score (nSPS) is 20.5. The van der Waals surface area contributed by atoms with Crippen molar-refractivity contribution in [1.29, 1.82) is 0 Å². The smallest absolute Gasteiger partial charge is 0.0929 e. The fraction of sp³-hybridized carbons (Fsp3) is 0.467. The first-order chi connectivity index (χ1) is 9.16. The van der Waals surface area contributed by atoms with Gasteiger partial charge in [0.25, 0.3) is 0 Å². The van der Waals surface area contributed by atoms with E-state index in [2.05, 4.69) is 17.5 Å². The van der Waals surface area contributed by atoms with Gasteiger partial charge >= 0.3 is 0 Å². The van der Waals surface area contributed by atoms with Crippen molar-refractivity contribution in [3.8, 4) is 0 Å². The van der Waals surface area contributed by atoms with Gasteiger partial charge in [-0.25, -0.2) is 0 Å². The van der Waals surface area contributed by atoms with Crippen molar-refractivity contribution in [2.45, 2.75) is 25.4 Å². The number of allylic oxidation sites excluding steroid dienone is 2. The minimum atomic E-state index is -0.620. The van der Waals surface area contributed by atoms with Gasteiger partial charge < -0.3 is 10.4 Å². The second-order valence-corrected chi connectivity index (χ2v) is 5.83. The first-order valence-corrected chi connectivity index (χ1v) is 7.41. The molecule has 0 saturated heterocycles. The predicted molar refractivity (Wildman–Crippen MR) is 80.8 cm³/mol. The molecule has 1 aromatic carbocycles. The van der Waals surface area contributed by atoms with Gasteiger partial charge in [0.15, 0.2) is 0 Å². The van der Waals surface area contributed by atoms with E-state index in [-0.39, 0.29) is 0 Å². The van der Waals surface area contributed by atoms with Crippen LogP contribution in [-0.4, -0.2) is 18.2 Å². The van der Waals surface area contributed by atoms with Crippen LogP contribution in [0.25, 0.3) is 0 Å². The second kappa shape index (κ2) is 7.30. The van der Waals surface area contributed by atoms with E-state index in [0.29, 0.717) is 28.1 Å². The number of aliphatic hydroxyl groups is 1. The summed E-state index contributed by atoms with van der Waals surface area (Å²) in [5, 5.41) is 14.6. The molecule has 0 aromatic heterocycles. The molecule has 1 aliphatic carbocycles. The molecular weight excluding hydrogens is 281 g/mol. The van der Waals surface area contributed by atoms with E-state index in [1.165, 1.54) is 6.42 Å². The molecule has 0 spiro atoms. The average molecular weight is 300 g/mol. The molecule has 0 fully saturated rings. The number of benzene rings is 1. The van der Waals surface area contributed by atoms with Crippen molar-refractivity contribution in [3.63, 3.8) is 0 Å². The van der Waals surface area contributed by atoms with Gasteiger partial charge in [0.1, 0.15) is 0 Å². The van der Waals surface area contributed by atoms with Crippen molar-refractivity contribution >= 4 is 23.2 Å². The van der Waals surface area contributed by atoms with Gasteiger partial charge in [-0.2, -0.15) is 0 Å². The Bertz CT molecular complexity index is 448. The molecule has 0 amide bonds. The highest BCUT2D eigenvalue weighted by atomic mass is 35.5. The standard InChI is InChI=1S/C15H19Cl2NO/c16-12-6-7-14(17)13(8-12)15(19)10-18-9-11-4-2-1-3-5-11/h1-2,6-8,11,15,18-19H,3-5,9-10H2. The van der Waals surface area contributed by atoms with E-state index >= 15 is 0 Å². The lowest BCUT2D eigenvalue weighted by atomic mass is 9.94. The summed E-state index contributed by atoms with van der Waals surface area (Å²) in [6.07, 6.45) is 7.36. The van der Waals surface area contributed by atoms with E-state index < -0.39 is 6.10 Å². The Morgan fingerprint density at radius 1 is 1.32 bits per heavy atom. The van der Waals surface area contributed by atoms with E-state index in [9.17, 15) is 5.11 Å². The fourth-order valence-electron chi connectivity index (χ4n) is 2.35. The molecule has 2 unspecified atom stereocenters. The second-order valence-electron chi connectivity index (χ2n) is 4.99. The number of hydrogen-bond acceptors (Lipinski definition) is 2. The minimum absolute atomic E-state index is 0.500. The molecule has 0 saturated carbocycles. The van der Waals surface area contributed by atoms with Crippen LogP contribution in [0.1, 0.15) is 30.9 Å². The molecule has 4 heteroatoms. The summed E-state index contributed by atoms with van der Waals surface area (Å²) >= 11 is 12.0. The first-order valence-electron chi connectivity index (χ1n) is 6.65. The summed E-state index contributed by atoms with van der Waals surface area (Å²) in [5.41, 5.74) is 0.685. The van der Waals surface area contributed by atoms with Crippen molar-refractivity contribution in [1.82, 2.24) is 5.32 Å². The Hall–Kier alpha value is -0.540. The minimum Gasteiger partial charge on any atom is -0.387 e. The summed E-state index contributed by atoms with van der Waals surface area (Å²) in [4.78, 5) is 0. The Morgan fingerprint density at radius 3 is 2.89 bits per heavy atom. The molecule has 1 aromatic rings. The van der Waals surface area contributed by atoms with Gasteiger partial charge in [-0.15, -0.1) is 0 Å². The zero-order valence-corrected chi connectivity index (χ0v) is 12.3. The lowest BCUT2D eigenvalue weighted by Gasteiger charge is -2.20. The number of hydrogen-bond donors (Lipinski definition) is 2. The maximum Gasteiger partial charge on any atom is 0.0929 e. The summed E-state index contributed by atoms with van der Waals surface area (Å²) in [6, 6.07) is 5.16. The topological polar surface area (TPSA) is 32.3 Å². The average Bonchev–Trinajstić information content (AvgIpc) is 2.42. The van der Waals surface area contributed by atoms with Crippen molar-refractivity contribution in [2.24, 2.45) is 5.92 Å². The summed E-state index contributed by atoms with van der Waals surface area (Å²) in [7, 11) is 0. The van der Waals surface area contributed by atoms with Crippen LogP contribution in [0.4, 0.5) is 0 Å². The number of aliphatic hydroxyl groups excluding tert-OH is 1. The first kappa shape index (κ1) is 14.9. The molecule has 0 bridgehead atoms.